The van der Waals surface area contributed by atoms with Gasteiger partial charge in [0.15, 0.2) is 4.67 Å². The molecule has 3 nitrogen and oxygen atoms in total. The van der Waals surface area contributed by atoms with Crippen LogP contribution in [0.15, 0.2) is 21.2 Å². The number of aliphatic hydroxyl groups is 1. The van der Waals surface area contributed by atoms with Crippen LogP contribution in [0.25, 0.3) is 0 Å². The van der Waals surface area contributed by atoms with Gasteiger partial charge in [-0.3, -0.25) is 4.90 Å². The fourth-order valence-corrected chi connectivity index (χ4v) is 1.35. The van der Waals surface area contributed by atoms with Gasteiger partial charge in [0.25, 0.3) is 0 Å². The minimum atomic E-state index is -0.223. The summed E-state index contributed by atoms with van der Waals surface area (Å²) in [5.74, 6) is 0.890. The Morgan fingerprint density at radius 1 is 1.50 bits per heavy atom. The number of likely N-dealkylation sites (N-methyl/N-ethyl adjacent to an activating group) is 1. The van der Waals surface area contributed by atoms with Gasteiger partial charge < -0.3 is 9.52 Å². The van der Waals surface area contributed by atoms with Crippen LogP contribution in [0.5, 0.6) is 0 Å². The molecule has 1 aromatic heterocycles. The molecule has 1 heterocycles. The van der Waals surface area contributed by atoms with Gasteiger partial charge in [-0.1, -0.05) is 0 Å². The zero-order valence-electron chi connectivity index (χ0n) is 8.75. The molecule has 1 aromatic rings. The van der Waals surface area contributed by atoms with Crippen molar-refractivity contribution in [1.29, 1.82) is 0 Å². The van der Waals surface area contributed by atoms with Gasteiger partial charge in [0, 0.05) is 5.54 Å². The summed E-state index contributed by atoms with van der Waals surface area (Å²) < 4.78 is 6.13. The summed E-state index contributed by atoms with van der Waals surface area (Å²) in [6, 6.07) is 3.79. The SMILES string of the molecule is CN(Cc1ccc(Br)o1)C(C)(C)CO. The number of hydrogen-bond donors (Lipinski definition) is 1. The highest BCUT2D eigenvalue weighted by molar-refractivity contribution is 9.10. The molecule has 0 unspecified atom stereocenters. The maximum Gasteiger partial charge on any atom is 0.169 e. The quantitative estimate of drug-likeness (QED) is 0.904. The van der Waals surface area contributed by atoms with Gasteiger partial charge in [-0.05, 0) is 49.0 Å². The minimum Gasteiger partial charge on any atom is -0.453 e. The number of halogens is 1. The first kappa shape index (κ1) is 11.8. The molecular formula is C10H16BrNO2. The molecule has 0 radical (unpaired) electrons. The van der Waals surface area contributed by atoms with Crippen LogP contribution in [0, 0.1) is 0 Å². The molecule has 0 fully saturated rings. The first-order valence-corrected chi connectivity index (χ1v) is 5.31. The van der Waals surface area contributed by atoms with Crippen molar-refractivity contribution in [3.63, 3.8) is 0 Å². The molecule has 1 rings (SSSR count). The Bertz CT molecular complexity index is 296. The van der Waals surface area contributed by atoms with Crippen LogP contribution >= 0.6 is 15.9 Å². The average molecular weight is 262 g/mol. The molecule has 0 spiro atoms. The molecule has 0 atom stereocenters. The number of rotatable bonds is 4. The summed E-state index contributed by atoms with van der Waals surface area (Å²) in [5.41, 5.74) is -0.223. The molecule has 0 aliphatic heterocycles. The molecule has 4 heteroatoms. The lowest BCUT2D eigenvalue weighted by molar-refractivity contribution is 0.0680. The monoisotopic (exact) mass is 261 g/mol. The number of nitrogens with zero attached hydrogens (tertiary/aromatic N) is 1. The Morgan fingerprint density at radius 3 is 2.57 bits per heavy atom. The molecule has 0 saturated heterocycles. The lowest BCUT2D eigenvalue weighted by Gasteiger charge is -2.33. The zero-order chi connectivity index (χ0) is 10.8. The minimum absolute atomic E-state index is 0.130. The third-order valence-corrected chi connectivity index (χ3v) is 2.87. The van der Waals surface area contributed by atoms with Crippen molar-refractivity contribution in [2.75, 3.05) is 13.7 Å². The lowest BCUT2D eigenvalue weighted by Crippen LogP contribution is -2.43. The summed E-state index contributed by atoms with van der Waals surface area (Å²) in [6.07, 6.45) is 0. The highest BCUT2D eigenvalue weighted by atomic mass is 79.9. The highest BCUT2D eigenvalue weighted by Crippen LogP contribution is 2.19. The van der Waals surface area contributed by atoms with Crippen LogP contribution in [-0.2, 0) is 6.54 Å². The van der Waals surface area contributed by atoms with E-state index in [0.29, 0.717) is 6.54 Å². The Labute approximate surface area is 92.8 Å². The van der Waals surface area contributed by atoms with Crippen molar-refractivity contribution in [3.8, 4) is 0 Å². The van der Waals surface area contributed by atoms with Crippen molar-refractivity contribution < 1.29 is 9.52 Å². The van der Waals surface area contributed by atoms with Crippen molar-refractivity contribution >= 4 is 15.9 Å². The summed E-state index contributed by atoms with van der Waals surface area (Å²) in [5, 5.41) is 9.17. The van der Waals surface area contributed by atoms with E-state index in [0.717, 1.165) is 10.4 Å². The van der Waals surface area contributed by atoms with E-state index in [1.807, 2.05) is 33.0 Å². The highest BCUT2D eigenvalue weighted by Gasteiger charge is 2.23. The van der Waals surface area contributed by atoms with E-state index in [9.17, 15) is 0 Å². The fraction of sp³-hybridized carbons (Fsp3) is 0.600. The van der Waals surface area contributed by atoms with Crippen LogP contribution in [-0.4, -0.2) is 29.2 Å². The average Bonchev–Trinajstić information content (AvgIpc) is 2.51. The summed E-state index contributed by atoms with van der Waals surface area (Å²) in [6.45, 7) is 4.81. The van der Waals surface area contributed by atoms with E-state index in [2.05, 4.69) is 20.8 Å². The standard InChI is InChI=1S/C10H16BrNO2/c1-10(2,7-13)12(3)6-8-4-5-9(11)14-8/h4-5,13H,6-7H2,1-3H3. The van der Waals surface area contributed by atoms with E-state index in [4.69, 9.17) is 9.52 Å². The Morgan fingerprint density at radius 2 is 2.14 bits per heavy atom. The van der Waals surface area contributed by atoms with Crippen molar-refractivity contribution in [1.82, 2.24) is 4.90 Å². The second-order valence-electron chi connectivity index (χ2n) is 4.03. The zero-order valence-corrected chi connectivity index (χ0v) is 10.3. The second kappa shape index (κ2) is 4.47. The molecule has 0 aliphatic rings. The van der Waals surface area contributed by atoms with Crippen LogP contribution in [0.3, 0.4) is 0 Å². The second-order valence-corrected chi connectivity index (χ2v) is 4.81. The van der Waals surface area contributed by atoms with Crippen LogP contribution in [0.1, 0.15) is 19.6 Å². The van der Waals surface area contributed by atoms with Crippen molar-refractivity contribution in [2.45, 2.75) is 25.9 Å². The van der Waals surface area contributed by atoms with Gasteiger partial charge in [0.05, 0.1) is 13.2 Å². The first-order chi connectivity index (χ1) is 6.45. The molecule has 0 bridgehead atoms. The Kier molecular flexibility index (Phi) is 3.75. The van der Waals surface area contributed by atoms with Crippen LogP contribution < -0.4 is 0 Å². The third-order valence-electron chi connectivity index (χ3n) is 2.44. The van der Waals surface area contributed by atoms with E-state index < -0.39 is 0 Å². The topological polar surface area (TPSA) is 36.6 Å². The van der Waals surface area contributed by atoms with Crippen molar-refractivity contribution in [2.24, 2.45) is 0 Å². The summed E-state index contributed by atoms with van der Waals surface area (Å²) in [7, 11) is 1.96. The fourth-order valence-electron chi connectivity index (χ4n) is 1.01. The van der Waals surface area contributed by atoms with E-state index in [-0.39, 0.29) is 12.1 Å². The van der Waals surface area contributed by atoms with E-state index in [1.54, 1.807) is 0 Å². The molecular weight excluding hydrogens is 246 g/mol. The smallest absolute Gasteiger partial charge is 0.169 e. The molecule has 0 aliphatic carbocycles. The molecule has 0 saturated carbocycles. The molecule has 14 heavy (non-hydrogen) atoms. The van der Waals surface area contributed by atoms with Gasteiger partial charge in [-0.2, -0.15) is 0 Å². The molecule has 80 valence electrons. The van der Waals surface area contributed by atoms with Gasteiger partial charge in [0.1, 0.15) is 5.76 Å². The number of hydrogen-bond acceptors (Lipinski definition) is 3. The van der Waals surface area contributed by atoms with Crippen LogP contribution in [0.2, 0.25) is 0 Å². The number of aliphatic hydroxyl groups excluding tert-OH is 1. The van der Waals surface area contributed by atoms with Gasteiger partial charge in [-0.15, -0.1) is 0 Å². The van der Waals surface area contributed by atoms with E-state index >= 15 is 0 Å². The van der Waals surface area contributed by atoms with Gasteiger partial charge in [-0.25, -0.2) is 0 Å². The van der Waals surface area contributed by atoms with Gasteiger partial charge >= 0.3 is 0 Å². The Hall–Kier alpha value is -0.320. The summed E-state index contributed by atoms with van der Waals surface area (Å²) >= 11 is 3.26. The third kappa shape index (κ3) is 2.83. The lowest BCUT2D eigenvalue weighted by atomic mass is 10.1. The summed E-state index contributed by atoms with van der Waals surface area (Å²) in [4.78, 5) is 2.05. The van der Waals surface area contributed by atoms with Gasteiger partial charge in [0.2, 0.25) is 0 Å². The Balaban J connectivity index is 2.61. The van der Waals surface area contributed by atoms with Crippen molar-refractivity contribution in [3.05, 3.63) is 22.6 Å². The first-order valence-electron chi connectivity index (χ1n) is 4.52. The van der Waals surface area contributed by atoms with E-state index in [1.165, 1.54) is 0 Å². The largest absolute Gasteiger partial charge is 0.453 e. The molecule has 1 N–H and O–H groups in total. The molecule has 0 aromatic carbocycles. The van der Waals surface area contributed by atoms with Crippen LogP contribution in [0.4, 0.5) is 0 Å². The number of furan rings is 1. The molecule has 0 amide bonds. The maximum atomic E-state index is 9.17. The predicted molar refractivity (Wildman–Crippen MR) is 59.0 cm³/mol. The maximum absolute atomic E-state index is 9.17. The normalized spacial score (nSPS) is 12.4. The predicted octanol–water partition coefficient (Wildman–Crippen LogP) is 2.24.